The molecule has 0 atom stereocenters. The number of ether oxygens (including phenoxy) is 1. The minimum atomic E-state index is 0.0453. The van der Waals surface area contributed by atoms with Crippen molar-refractivity contribution in [1.29, 1.82) is 5.41 Å². The van der Waals surface area contributed by atoms with Gasteiger partial charge in [-0.25, -0.2) is 4.98 Å². The van der Waals surface area contributed by atoms with Crippen LogP contribution in [0.4, 0.5) is 0 Å². The quantitative estimate of drug-likeness (QED) is 0.671. The summed E-state index contributed by atoms with van der Waals surface area (Å²) < 4.78 is 5.70. The molecule has 0 amide bonds. The molecule has 0 unspecified atom stereocenters. The number of nitrogens with two attached hydrogens (primary N) is 1. The third kappa shape index (κ3) is 3.24. The maximum atomic E-state index is 7.44. The second-order valence-electron chi connectivity index (χ2n) is 4.13. The van der Waals surface area contributed by atoms with E-state index in [9.17, 15) is 0 Å². The smallest absolute Gasteiger partial charge is 0.140 e. The molecule has 0 fully saturated rings. The van der Waals surface area contributed by atoms with Crippen molar-refractivity contribution < 1.29 is 4.74 Å². The Labute approximate surface area is 120 Å². The molecule has 1 aromatic carbocycles. The first-order chi connectivity index (χ1) is 8.97. The molecule has 0 saturated carbocycles. The molecular formula is C13H14ClN3OS. The van der Waals surface area contributed by atoms with Crippen LogP contribution in [0.1, 0.15) is 21.1 Å². The molecule has 4 nitrogen and oxygen atoms in total. The van der Waals surface area contributed by atoms with Gasteiger partial charge in [0.25, 0.3) is 0 Å². The zero-order valence-electron chi connectivity index (χ0n) is 10.7. The number of hydrogen-bond donors (Lipinski definition) is 2. The Bertz CT molecular complexity index is 624. The minimum Gasteiger partial charge on any atom is -0.486 e. The molecule has 0 spiro atoms. The molecular weight excluding hydrogens is 282 g/mol. The zero-order chi connectivity index (χ0) is 14.0. The van der Waals surface area contributed by atoms with Crippen molar-refractivity contribution >= 4 is 28.8 Å². The van der Waals surface area contributed by atoms with Gasteiger partial charge < -0.3 is 10.5 Å². The first-order valence-electron chi connectivity index (χ1n) is 5.67. The summed E-state index contributed by atoms with van der Waals surface area (Å²) in [5.41, 5.74) is 7.22. The number of nitrogens with one attached hydrogen (secondary N) is 1. The lowest BCUT2D eigenvalue weighted by Gasteiger charge is -2.07. The van der Waals surface area contributed by atoms with Crippen LogP contribution in [0, 0.1) is 19.3 Å². The fraction of sp³-hybridized carbons (Fsp3) is 0.231. The summed E-state index contributed by atoms with van der Waals surface area (Å²) in [6.07, 6.45) is 0. The molecule has 2 rings (SSSR count). The molecule has 6 heteroatoms. The van der Waals surface area contributed by atoms with Crippen LogP contribution in [0.5, 0.6) is 5.75 Å². The number of aryl methyl sites for hydroxylation is 2. The third-order valence-corrected chi connectivity index (χ3v) is 3.97. The lowest BCUT2D eigenvalue weighted by Crippen LogP contribution is -2.10. The molecule has 1 heterocycles. The standard InChI is InChI=1S/C13H14ClN3OS/c1-7-5-9(14)3-4-10(7)18-6-11-17-8(2)12(19-11)13(15)16/h3-5H,6H2,1-2H3,(H3,15,16). The zero-order valence-corrected chi connectivity index (χ0v) is 12.2. The van der Waals surface area contributed by atoms with Gasteiger partial charge in [-0.15, -0.1) is 11.3 Å². The van der Waals surface area contributed by atoms with Crippen molar-refractivity contribution in [3.63, 3.8) is 0 Å². The van der Waals surface area contributed by atoms with Crippen molar-refractivity contribution in [2.45, 2.75) is 20.5 Å². The highest BCUT2D eigenvalue weighted by atomic mass is 35.5. The first-order valence-corrected chi connectivity index (χ1v) is 6.86. The van der Waals surface area contributed by atoms with E-state index in [2.05, 4.69) is 4.98 Å². The molecule has 1 aromatic heterocycles. The number of aromatic nitrogens is 1. The van der Waals surface area contributed by atoms with Crippen molar-refractivity contribution in [3.8, 4) is 5.75 Å². The highest BCUT2D eigenvalue weighted by molar-refractivity contribution is 7.13. The van der Waals surface area contributed by atoms with E-state index in [1.807, 2.05) is 26.0 Å². The summed E-state index contributed by atoms with van der Waals surface area (Å²) in [7, 11) is 0. The van der Waals surface area contributed by atoms with Crippen molar-refractivity contribution in [1.82, 2.24) is 4.98 Å². The number of hydrogen-bond acceptors (Lipinski definition) is 4. The van der Waals surface area contributed by atoms with E-state index in [-0.39, 0.29) is 5.84 Å². The summed E-state index contributed by atoms with van der Waals surface area (Å²) in [6.45, 7) is 4.14. The summed E-state index contributed by atoms with van der Waals surface area (Å²) in [6, 6.07) is 5.48. The first kappa shape index (κ1) is 13.8. The number of thiazole rings is 1. The maximum absolute atomic E-state index is 7.44. The van der Waals surface area contributed by atoms with Crippen molar-refractivity contribution in [3.05, 3.63) is 44.4 Å². The molecule has 3 N–H and O–H groups in total. The Morgan fingerprint density at radius 2 is 2.21 bits per heavy atom. The monoisotopic (exact) mass is 295 g/mol. The molecule has 0 saturated heterocycles. The minimum absolute atomic E-state index is 0.0453. The molecule has 19 heavy (non-hydrogen) atoms. The van der Waals surface area contributed by atoms with E-state index in [4.69, 9.17) is 27.5 Å². The molecule has 0 aliphatic carbocycles. The van der Waals surface area contributed by atoms with Gasteiger partial charge in [0, 0.05) is 5.02 Å². The Kier molecular flexibility index (Phi) is 4.07. The van der Waals surface area contributed by atoms with E-state index in [0.717, 1.165) is 22.0 Å². The van der Waals surface area contributed by atoms with Crippen LogP contribution in [0.15, 0.2) is 18.2 Å². The highest BCUT2D eigenvalue weighted by Gasteiger charge is 2.10. The SMILES string of the molecule is Cc1cc(Cl)ccc1OCc1nc(C)c(C(=N)N)s1. The normalized spacial score (nSPS) is 10.5. The Morgan fingerprint density at radius 3 is 2.79 bits per heavy atom. The van der Waals surface area contributed by atoms with Crippen LogP contribution >= 0.6 is 22.9 Å². The van der Waals surface area contributed by atoms with Gasteiger partial charge in [-0.1, -0.05) is 11.6 Å². The predicted molar refractivity (Wildman–Crippen MR) is 78.4 cm³/mol. The summed E-state index contributed by atoms with van der Waals surface area (Å²) in [5.74, 6) is 0.825. The van der Waals surface area contributed by atoms with E-state index in [1.165, 1.54) is 11.3 Å². The summed E-state index contributed by atoms with van der Waals surface area (Å²) >= 11 is 7.27. The van der Waals surface area contributed by atoms with Crippen LogP contribution in [0.25, 0.3) is 0 Å². The number of nitrogens with zero attached hydrogens (tertiary/aromatic N) is 1. The van der Waals surface area contributed by atoms with E-state index in [1.54, 1.807) is 6.07 Å². The molecule has 2 aromatic rings. The average molecular weight is 296 g/mol. The number of nitrogen functional groups attached to an aromatic ring is 1. The van der Waals surface area contributed by atoms with Gasteiger partial charge in [0.05, 0.1) is 10.6 Å². The van der Waals surface area contributed by atoms with Crippen LogP contribution in [0.3, 0.4) is 0 Å². The number of amidine groups is 1. The molecule has 0 bridgehead atoms. The van der Waals surface area contributed by atoms with Gasteiger partial charge in [-0.3, -0.25) is 5.41 Å². The van der Waals surface area contributed by atoms with E-state index < -0.39 is 0 Å². The Hall–Kier alpha value is -1.59. The second-order valence-corrected chi connectivity index (χ2v) is 5.65. The van der Waals surface area contributed by atoms with Gasteiger partial charge in [-0.2, -0.15) is 0 Å². The topological polar surface area (TPSA) is 72.0 Å². The van der Waals surface area contributed by atoms with E-state index in [0.29, 0.717) is 16.5 Å². The molecule has 0 aliphatic rings. The number of halogens is 1. The Balaban J connectivity index is 2.10. The van der Waals surface area contributed by atoms with Crippen LogP contribution in [-0.2, 0) is 6.61 Å². The van der Waals surface area contributed by atoms with Crippen LogP contribution in [0.2, 0.25) is 5.02 Å². The van der Waals surface area contributed by atoms with Gasteiger partial charge in [-0.05, 0) is 37.6 Å². The fourth-order valence-corrected chi connectivity index (χ4v) is 2.74. The molecule has 0 aliphatic heterocycles. The van der Waals surface area contributed by atoms with Gasteiger partial charge in [0.15, 0.2) is 0 Å². The number of rotatable bonds is 4. The van der Waals surface area contributed by atoms with Gasteiger partial charge in [0.1, 0.15) is 23.2 Å². The fourth-order valence-electron chi connectivity index (χ4n) is 1.68. The van der Waals surface area contributed by atoms with Gasteiger partial charge in [0.2, 0.25) is 0 Å². The molecule has 100 valence electrons. The van der Waals surface area contributed by atoms with Gasteiger partial charge >= 0.3 is 0 Å². The maximum Gasteiger partial charge on any atom is 0.140 e. The molecule has 0 radical (unpaired) electrons. The van der Waals surface area contributed by atoms with E-state index >= 15 is 0 Å². The summed E-state index contributed by atoms with van der Waals surface area (Å²) in [4.78, 5) is 5.04. The second kappa shape index (κ2) is 5.59. The Morgan fingerprint density at radius 1 is 1.47 bits per heavy atom. The third-order valence-electron chi connectivity index (χ3n) is 2.57. The van der Waals surface area contributed by atoms with Crippen LogP contribution < -0.4 is 10.5 Å². The predicted octanol–water partition coefficient (Wildman–Crippen LogP) is 3.28. The van der Waals surface area contributed by atoms with Crippen molar-refractivity contribution in [2.75, 3.05) is 0 Å². The van der Waals surface area contributed by atoms with Crippen molar-refractivity contribution in [2.24, 2.45) is 5.73 Å². The summed E-state index contributed by atoms with van der Waals surface area (Å²) in [5, 5.41) is 8.93. The average Bonchev–Trinajstić information content (AvgIpc) is 2.69. The van der Waals surface area contributed by atoms with Crippen LogP contribution in [-0.4, -0.2) is 10.8 Å². The largest absolute Gasteiger partial charge is 0.486 e. The number of benzene rings is 1. The lowest BCUT2D eigenvalue weighted by molar-refractivity contribution is 0.303. The lowest BCUT2D eigenvalue weighted by atomic mass is 10.2. The highest BCUT2D eigenvalue weighted by Crippen LogP contribution is 2.24.